The Hall–Kier alpha value is -2.29. The van der Waals surface area contributed by atoms with Crippen LogP contribution in [-0.2, 0) is 0 Å². The van der Waals surface area contributed by atoms with Crippen LogP contribution in [0, 0.1) is 13.8 Å². The van der Waals surface area contributed by atoms with Gasteiger partial charge in [-0.3, -0.25) is 0 Å². The molecule has 0 heterocycles. The maximum atomic E-state index is 10.3. The summed E-state index contributed by atoms with van der Waals surface area (Å²) in [5, 5.41) is 17.2. The van der Waals surface area contributed by atoms with Crippen molar-refractivity contribution in [1.82, 2.24) is 0 Å². The molecule has 0 saturated carbocycles. The summed E-state index contributed by atoms with van der Waals surface area (Å²) in [6, 6.07) is 13.8. The van der Waals surface area contributed by atoms with E-state index < -0.39 is 5.97 Å². The molecule has 2 aromatic carbocycles. The number of aryl methyl sites for hydroxylation is 2. The predicted octanol–water partition coefficient (Wildman–Crippen LogP) is 3.39. The topological polar surface area (TPSA) is 57.5 Å². The lowest BCUT2D eigenvalue weighted by atomic mass is 10.2. The molecule has 0 radical (unpaired) electrons. The highest BCUT2D eigenvalue weighted by atomic mass is 16.4. The lowest BCUT2D eigenvalue weighted by Crippen LogP contribution is -1.94. The highest BCUT2D eigenvalue weighted by Crippen LogP contribution is 2.07. The van der Waals surface area contributed by atoms with Crippen LogP contribution in [0.3, 0.4) is 0 Å². The third-order valence-electron chi connectivity index (χ3n) is 2.33. The van der Waals surface area contributed by atoms with E-state index in [1.54, 1.807) is 36.4 Å². The number of aromatic hydroxyl groups is 1. The van der Waals surface area contributed by atoms with Crippen LogP contribution in [0.15, 0.2) is 48.5 Å². The van der Waals surface area contributed by atoms with Crippen LogP contribution in [0.5, 0.6) is 5.75 Å². The van der Waals surface area contributed by atoms with Gasteiger partial charge in [0.15, 0.2) is 0 Å². The monoisotopic (exact) mass is 244 g/mol. The van der Waals surface area contributed by atoms with Crippen LogP contribution in [0.4, 0.5) is 0 Å². The van der Waals surface area contributed by atoms with Crippen molar-refractivity contribution in [2.75, 3.05) is 0 Å². The van der Waals surface area contributed by atoms with E-state index in [2.05, 4.69) is 0 Å². The number of phenols is 1. The summed E-state index contributed by atoms with van der Waals surface area (Å²) in [4.78, 5) is 10.3. The van der Waals surface area contributed by atoms with Crippen molar-refractivity contribution >= 4 is 5.97 Å². The predicted molar refractivity (Wildman–Crippen MR) is 71.0 cm³/mol. The molecule has 18 heavy (non-hydrogen) atoms. The van der Waals surface area contributed by atoms with Gasteiger partial charge in [-0.15, -0.1) is 0 Å². The number of carbonyl (C=O) groups is 1. The minimum Gasteiger partial charge on any atom is -0.508 e. The standard InChI is InChI=1S/C8H8O2.C7H8O/c1-6-2-4-7(5-3-6)8(9)10;1-6-2-4-7(8)5-3-6/h2-5H,1H3,(H,9,10);2-5,8H,1H3. The molecule has 94 valence electrons. The molecule has 2 N–H and O–H groups in total. The first-order valence-electron chi connectivity index (χ1n) is 5.54. The summed E-state index contributed by atoms with van der Waals surface area (Å²) in [6.07, 6.45) is 0. The molecule has 3 heteroatoms. The van der Waals surface area contributed by atoms with E-state index in [1.807, 2.05) is 26.0 Å². The first-order chi connectivity index (χ1) is 8.49. The van der Waals surface area contributed by atoms with Crippen molar-refractivity contribution < 1.29 is 15.0 Å². The number of phenolic OH excluding ortho intramolecular Hbond substituents is 1. The second-order valence-electron chi connectivity index (χ2n) is 4.01. The van der Waals surface area contributed by atoms with Crippen molar-refractivity contribution in [3.8, 4) is 5.75 Å². The van der Waals surface area contributed by atoms with Gasteiger partial charge < -0.3 is 10.2 Å². The van der Waals surface area contributed by atoms with E-state index in [1.165, 1.54) is 5.56 Å². The van der Waals surface area contributed by atoms with Crippen LogP contribution in [0.25, 0.3) is 0 Å². The highest BCUT2D eigenvalue weighted by molar-refractivity contribution is 5.87. The number of hydrogen-bond acceptors (Lipinski definition) is 2. The van der Waals surface area contributed by atoms with Gasteiger partial charge in [0, 0.05) is 0 Å². The minimum atomic E-state index is -0.875. The van der Waals surface area contributed by atoms with Gasteiger partial charge in [0.25, 0.3) is 0 Å². The van der Waals surface area contributed by atoms with Crippen molar-refractivity contribution in [2.45, 2.75) is 13.8 Å². The van der Waals surface area contributed by atoms with Crippen molar-refractivity contribution in [3.63, 3.8) is 0 Å². The summed E-state index contributed by atoms with van der Waals surface area (Å²) < 4.78 is 0. The van der Waals surface area contributed by atoms with Crippen LogP contribution >= 0.6 is 0 Å². The van der Waals surface area contributed by atoms with Crippen molar-refractivity contribution in [1.29, 1.82) is 0 Å². The Balaban J connectivity index is 0.000000184. The molecule has 0 amide bonds. The number of rotatable bonds is 1. The Labute approximate surface area is 106 Å². The molecule has 0 atom stereocenters. The van der Waals surface area contributed by atoms with Gasteiger partial charge in [0.2, 0.25) is 0 Å². The molecule has 0 bridgehead atoms. The molecule has 0 fully saturated rings. The normalized spacial score (nSPS) is 9.22. The molecule has 0 spiro atoms. The Kier molecular flexibility index (Phi) is 4.93. The second-order valence-corrected chi connectivity index (χ2v) is 4.01. The van der Waals surface area contributed by atoms with Gasteiger partial charge in [-0.05, 0) is 38.1 Å². The molecule has 0 aliphatic rings. The lowest BCUT2D eigenvalue weighted by molar-refractivity contribution is 0.0697. The molecule has 2 rings (SSSR count). The number of carboxylic acid groups (broad SMARTS) is 1. The summed E-state index contributed by atoms with van der Waals surface area (Å²) in [7, 11) is 0. The molecule has 0 aromatic heterocycles. The fourth-order valence-electron chi connectivity index (χ4n) is 1.24. The number of carboxylic acids is 1. The summed E-state index contributed by atoms with van der Waals surface area (Å²) in [5.41, 5.74) is 2.58. The molecule has 0 unspecified atom stereocenters. The second kappa shape index (κ2) is 6.45. The zero-order valence-electron chi connectivity index (χ0n) is 10.4. The van der Waals surface area contributed by atoms with E-state index in [0.717, 1.165) is 5.56 Å². The van der Waals surface area contributed by atoms with Gasteiger partial charge in [-0.25, -0.2) is 4.79 Å². The third kappa shape index (κ3) is 4.70. The zero-order chi connectivity index (χ0) is 13.5. The zero-order valence-corrected chi connectivity index (χ0v) is 10.4. The maximum absolute atomic E-state index is 10.3. The maximum Gasteiger partial charge on any atom is 0.335 e. The summed E-state index contributed by atoms with van der Waals surface area (Å²) in [6.45, 7) is 3.91. The average molecular weight is 244 g/mol. The Morgan fingerprint density at radius 1 is 0.833 bits per heavy atom. The van der Waals surface area contributed by atoms with Gasteiger partial charge in [0.05, 0.1) is 5.56 Å². The Morgan fingerprint density at radius 3 is 1.56 bits per heavy atom. The molecule has 0 aliphatic carbocycles. The molecule has 3 nitrogen and oxygen atoms in total. The number of aromatic carboxylic acids is 1. The van der Waals surface area contributed by atoms with Crippen LogP contribution < -0.4 is 0 Å². The van der Waals surface area contributed by atoms with Gasteiger partial charge in [-0.1, -0.05) is 35.4 Å². The van der Waals surface area contributed by atoms with E-state index in [-0.39, 0.29) is 0 Å². The van der Waals surface area contributed by atoms with Gasteiger partial charge >= 0.3 is 5.97 Å². The summed E-state index contributed by atoms with van der Waals surface area (Å²) >= 11 is 0. The molecular formula is C15H16O3. The quantitative estimate of drug-likeness (QED) is 0.808. The number of hydrogen-bond donors (Lipinski definition) is 2. The summed E-state index contributed by atoms with van der Waals surface area (Å²) in [5.74, 6) is -0.546. The minimum absolute atomic E-state index is 0.329. The van der Waals surface area contributed by atoms with Crippen LogP contribution in [0.1, 0.15) is 21.5 Å². The van der Waals surface area contributed by atoms with E-state index in [9.17, 15) is 4.79 Å². The highest BCUT2D eigenvalue weighted by Gasteiger charge is 1.98. The molecule has 0 saturated heterocycles. The van der Waals surface area contributed by atoms with Crippen LogP contribution in [-0.4, -0.2) is 16.2 Å². The average Bonchev–Trinajstić information content (AvgIpc) is 2.34. The fourth-order valence-corrected chi connectivity index (χ4v) is 1.24. The first-order valence-corrected chi connectivity index (χ1v) is 5.54. The fraction of sp³-hybridized carbons (Fsp3) is 0.133. The molecular weight excluding hydrogens is 228 g/mol. The molecule has 2 aromatic rings. The van der Waals surface area contributed by atoms with Crippen molar-refractivity contribution in [2.24, 2.45) is 0 Å². The van der Waals surface area contributed by atoms with Crippen molar-refractivity contribution in [3.05, 3.63) is 65.2 Å². The Bertz CT molecular complexity index is 477. The lowest BCUT2D eigenvalue weighted by Gasteiger charge is -1.92. The van der Waals surface area contributed by atoms with Gasteiger partial charge in [0.1, 0.15) is 5.75 Å². The Morgan fingerprint density at radius 2 is 1.22 bits per heavy atom. The largest absolute Gasteiger partial charge is 0.508 e. The SMILES string of the molecule is Cc1ccc(C(=O)O)cc1.Cc1ccc(O)cc1. The van der Waals surface area contributed by atoms with E-state index in [0.29, 0.717) is 11.3 Å². The number of benzene rings is 2. The third-order valence-corrected chi connectivity index (χ3v) is 2.33. The smallest absolute Gasteiger partial charge is 0.335 e. The first kappa shape index (κ1) is 13.8. The van der Waals surface area contributed by atoms with Crippen LogP contribution in [0.2, 0.25) is 0 Å². The van der Waals surface area contributed by atoms with E-state index >= 15 is 0 Å². The van der Waals surface area contributed by atoms with E-state index in [4.69, 9.17) is 10.2 Å². The van der Waals surface area contributed by atoms with Gasteiger partial charge in [-0.2, -0.15) is 0 Å². The molecule has 0 aliphatic heterocycles.